The number of benzene rings is 1. The summed E-state index contributed by atoms with van der Waals surface area (Å²) in [7, 11) is 0. The Morgan fingerprint density at radius 3 is 2.85 bits per heavy atom. The van der Waals surface area contributed by atoms with Gasteiger partial charge < -0.3 is 20.5 Å². The van der Waals surface area contributed by atoms with Crippen molar-refractivity contribution >= 4 is 22.4 Å². The fourth-order valence-corrected chi connectivity index (χ4v) is 3.95. The Morgan fingerprint density at radius 2 is 2.04 bits per heavy atom. The SMILES string of the molecule is C[C@@H]1C[C@@H](Nc2ccnc3cc(-c4ccc5[nH]ccc5c4)nn23)[C@H](O)[C@@H]1O. The highest BCUT2D eigenvalue weighted by atomic mass is 16.3. The Morgan fingerprint density at radius 1 is 1.15 bits per heavy atom. The number of H-pyrrole nitrogens is 1. The highest BCUT2D eigenvalue weighted by molar-refractivity contribution is 5.84. The van der Waals surface area contributed by atoms with Crippen molar-refractivity contribution in [2.45, 2.75) is 31.6 Å². The van der Waals surface area contributed by atoms with Crippen molar-refractivity contribution in [3.05, 3.63) is 48.8 Å². The number of aliphatic hydroxyl groups excluding tert-OH is 2. The molecule has 1 aliphatic rings. The van der Waals surface area contributed by atoms with E-state index in [1.807, 2.05) is 43.5 Å². The molecule has 4 N–H and O–H groups in total. The second-order valence-electron chi connectivity index (χ2n) is 7.35. The van der Waals surface area contributed by atoms with Crippen LogP contribution in [-0.4, -0.2) is 48.0 Å². The van der Waals surface area contributed by atoms with Crippen molar-refractivity contribution in [2.75, 3.05) is 5.32 Å². The van der Waals surface area contributed by atoms with E-state index in [1.165, 1.54) is 0 Å². The van der Waals surface area contributed by atoms with Crippen LogP contribution in [0, 0.1) is 5.92 Å². The zero-order valence-corrected chi connectivity index (χ0v) is 14.9. The van der Waals surface area contributed by atoms with Gasteiger partial charge in [0.15, 0.2) is 5.65 Å². The van der Waals surface area contributed by atoms with E-state index in [2.05, 4.69) is 21.4 Å². The Bertz CT molecular complexity index is 1120. The third kappa shape index (κ3) is 2.67. The number of anilines is 1. The van der Waals surface area contributed by atoms with Gasteiger partial charge >= 0.3 is 0 Å². The van der Waals surface area contributed by atoms with Crippen molar-refractivity contribution in [3.8, 4) is 11.3 Å². The molecular weight excluding hydrogens is 342 g/mol. The molecule has 5 rings (SSSR count). The lowest BCUT2D eigenvalue weighted by Crippen LogP contribution is -2.35. The minimum absolute atomic E-state index is 0.0519. The van der Waals surface area contributed by atoms with Gasteiger partial charge in [0, 0.05) is 34.9 Å². The third-order valence-corrected chi connectivity index (χ3v) is 5.51. The van der Waals surface area contributed by atoms with Gasteiger partial charge in [-0.05, 0) is 36.6 Å². The average molecular weight is 363 g/mol. The molecule has 0 spiro atoms. The van der Waals surface area contributed by atoms with Crippen LogP contribution in [0.4, 0.5) is 5.82 Å². The van der Waals surface area contributed by atoms with Crippen LogP contribution in [0.2, 0.25) is 0 Å². The lowest BCUT2D eigenvalue weighted by molar-refractivity contribution is 0.0210. The molecule has 27 heavy (non-hydrogen) atoms. The molecule has 1 aromatic carbocycles. The number of nitrogens with one attached hydrogen (secondary N) is 2. The van der Waals surface area contributed by atoms with Crippen LogP contribution in [-0.2, 0) is 0 Å². The van der Waals surface area contributed by atoms with Crippen LogP contribution in [0.5, 0.6) is 0 Å². The molecular formula is C20H21N5O2. The van der Waals surface area contributed by atoms with Crippen LogP contribution in [0.3, 0.4) is 0 Å². The first-order chi connectivity index (χ1) is 13.1. The topological polar surface area (TPSA) is 98.5 Å². The van der Waals surface area contributed by atoms with Crippen molar-refractivity contribution in [2.24, 2.45) is 5.92 Å². The molecule has 0 unspecified atom stereocenters. The molecule has 0 amide bonds. The predicted octanol–water partition coefficient (Wildman–Crippen LogP) is 2.42. The van der Waals surface area contributed by atoms with Crippen LogP contribution in [0.1, 0.15) is 13.3 Å². The summed E-state index contributed by atoms with van der Waals surface area (Å²) >= 11 is 0. The molecule has 1 aliphatic carbocycles. The number of aliphatic hydroxyl groups is 2. The minimum atomic E-state index is -0.797. The van der Waals surface area contributed by atoms with Crippen LogP contribution < -0.4 is 5.32 Å². The molecule has 1 fully saturated rings. The monoisotopic (exact) mass is 363 g/mol. The Balaban J connectivity index is 1.51. The van der Waals surface area contributed by atoms with E-state index in [4.69, 9.17) is 5.10 Å². The number of rotatable bonds is 3. The summed E-state index contributed by atoms with van der Waals surface area (Å²) < 4.78 is 1.75. The summed E-state index contributed by atoms with van der Waals surface area (Å²) in [5, 5.41) is 29.5. The number of hydrogen-bond acceptors (Lipinski definition) is 5. The molecule has 1 saturated carbocycles. The first-order valence-electron chi connectivity index (χ1n) is 9.15. The summed E-state index contributed by atoms with van der Waals surface area (Å²) in [6.07, 6.45) is 2.84. The maximum Gasteiger partial charge on any atom is 0.157 e. The molecule has 4 aromatic rings. The zero-order valence-electron chi connectivity index (χ0n) is 14.9. The Hall–Kier alpha value is -2.90. The molecule has 4 atom stereocenters. The van der Waals surface area contributed by atoms with Gasteiger partial charge in [-0.1, -0.05) is 13.0 Å². The standard InChI is InChI=1S/C20H21N5O2/c1-11-8-16(20(27)19(11)26)23-17-5-7-22-18-10-15(24-25(17)18)12-2-3-14-13(9-12)4-6-21-14/h2-7,9-11,16,19-21,23,26-27H,8H2,1H3/t11-,16-,19-,20+/m1/s1. The van der Waals surface area contributed by atoms with E-state index in [9.17, 15) is 10.2 Å². The molecule has 138 valence electrons. The maximum absolute atomic E-state index is 10.3. The van der Waals surface area contributed by atoms with E-state index in [-0.39, 0.29) is 12.0 Å². The number of nitrogens with zero attached hydrogens (tertiary/aromatic N) is 3. The highest BCUT2D eigenvalue weighted by Crippen LogP contribution is 2.29. The summed E-state index contributed by atoms with van der Waals surface area (Å²) in [4.78, 5) is 7.60. The number of fused-ring (bicyclic) bond motifs is 2. The molecule has 0 bridgehead atoms. The average Bonchev–Trinajstić information content (AvgIpc) is 3.37. The first-order valence-corrected chi connectivity index (χ1v) is 9.15. The van der Waals surface area contributed by atoms with Gasteiger partial charge in [0.1, 0.15) is 11.9 Å². The van der Waals surface area contributed by atoms with Crippen LogP contribution in [0.25, 0.3) is 27.8 Å². The molecule has 0 radical (unpaired) electrons. The Labute approximate surface area is 155 Å². The second kappa shape index (κ2) is 6.07. The van der Waals surface area contributed by atoms with E-state index < -0.39 is 12.2 Å². The van der Waals surface area contributed by atoms with Gasteiger partial charge in [-0.25, -0.2) is 4.98 Å². The molecule has 0 aliphatic heterocycles. The van der Waals surface area contributed by atoms with Crippen molar-refractivity contribution in [1.82, 2.24) is 19.6 Å². The smallest absolute Gasteiger partial charge is 0.157 e. The quantitative estimate of drug-likeness (QED) is 0.448. The van der Waals surface area contributed by atoms with Gasteiger partial charge in [0.2, 0.25) is 0 Å². The molecule has 3 aromatic heterocycles. The maximum atomic E-state index is 10.3. The molecule has 3 heterocycles. The van der Waals surface area contributed by atoms with E-state index >= 15 is 0 Å². The van der Waals surface area contributed by atoms with Crippen LogP contribution >= 0.6 is 0 Å². The summed E-state index contributed by atoms with van der Waals surface area (Å²) in [5.41, 5.74) is 3.67. The van der Waals surface area contributed by atoms with Crippen molar-refractivity contribution < 1.29 is 10.2 Å². The predicted molar refractivity (Wildman–Crippen MR) is 103 cm³/mol. The minimum Gasteiger partial charge on any atom is -0.390 e. The van der Waals surface area contributed by atoms with Gasteiger partial charge in [0.25, 0.3) is 0 Å². The van der Waals surface area contributed by atoms with E-state index in [1.54, 1.807) is 10.7 Å². The van der Waals surface area contributed by atoms with Gasteiger partial charge in [0.05, 0.1) is 17.8 Å². The summed E-state index contributed by atoms with van der Waals surface area (Å²) in [6, 6.07) is 11.8. The highest BCUT2D eigenvalue weighted by Gasteiger charge is 2.39. The molecule has 7 heteroatoms. The van der Waals surface area contributed by atoms with Crippen molar-refractivity contribution in [1.29, 1.82) is 0 Å². The number of aromatic amines is 1. The van der Waals surface area contributed by atoms with E-state index in [0.717, 1.165) is 33.6 Å². The fourth-order valence-electron chi connectivity index (χ4n) is 3.95. The van der Waals surface area contributed by atoms with Crippen molar-refractivity contribution in [3.63, 3.8) is 0 Å². The second-order valence-corrected chi connectivity index (χ2v) is 7.35. The van der Waals surface area contributed by atoms with E-state index in [0.29, 0.717) is 6.42 Å². The molecule has 0 saturated heterocycles. The normalized spacial score (nSPS) is 25.4. The number of hydrogen-bond donors (Lipinski definition) is 4. The Kier molecular flexibility index (Phi) is 3.66. The fraction of sp³-hybridized carbons (Fsp3) is 0.300. The summed E-state index contributed by atoms with van der Waals surface area (Å²) in [6.45, 7) is 1.95. The third-order valence-electron chi connectivity index (χ3n) is 5.51. The lowest BCUT2D eigenvalue weighted by Gasteiger charge is -2.19. The summed E-state index contributed by atoms with van der Waals surface area (Å²) in [5.74, 6) is 0.801. The van der Waals surface area contributed by atoms with Gasteiger partial charge in [-0.2, -0.15) is 9.61 Å². The first kappa shape index (κ1) is 16.3. The van der Waals surface area contributed by atoms with Gasteiger partial charge in [-0.3, -0.25) is 0 Å². The van der Waals surface area contributed by atoms with Gasteiger partial charge in [-0.15, -0.1) is 0 Å². The number of aromatic nitrogens is 4. The molecule has 7 nitrogen and oxygen atoms in total. The zero-order chi connectivity index (χ0) is 18.5. The van der Waals surface area contributed by atoms with Crippen LogP contribution in [0.15, 0.2) is 48.8 Å². The lowest BCUT2D eigenvalue weighted by atomic mass is 10.1. The largest absolute Gasteiger partial charge is 0.390 e.